The Hall–Kier alpha value is -10.1. The minimum atomic E-state index is -0.482. The van der Waals surface area contributed by atoms with Crippen molar-refractivity contribution in [2.45, 2.75) is 113 Å². The quantitative estimate of drug-likeness (QED) is 0.0563. The molecule has 0 unspecified atom stereocenters. The molecule has 9 nitrogen and oxygen atoms in total. The molecule has 0 saturated heterocycles. The van der Waals surface area contributed by atoms with Crippen LogP contribution in [0.25, 0.3) is 11.1 Å². The number of ketones is 2. The Balaban J connectivity index is 0.000000163. The average molecular weight is 1220 g/mol. The summed E-state index contributed by atoms with van der Waals surface area (Å²) in [4.78, 5) is 50.5. The lowest BCUT2D eigenvalue weighted by atomic mass is 9.77. The van der Waals surface area contributed by atoms with Gasteiger partial charge < -0.3 is 23.8 Å². The first-order valence-corrected chi connectivity index (χ1v) is 31.1. The van der Waals surface area contributed by atoms with Gasteiger partial charge in [-0.3, -0.25) is 9.59 Å². The van der Waals surface area contributed by atoms with Crippen LogP contribution in [0.2, 0.25) is 0 Å². The zero-order chi connectivity index (χ0) is 66.4. The molecule has 1 aliphatic carbocycles. The van der Waals surface area contributed by atoms with Crippen LogP contribution in [0.1, 0.15) is 164 Å². The highest BCUT2D eigenvalue weighted by Gasteiger charge is 2.36. The van der Waals surface area contributed by atoms with E-state index in [0.717, 1.165) is 44.9 Å². The number of hydrogen-bond acceptors (Lipinski definition) is 9. The van der Waals surface area contributed by atoms with Gasteiger partial charge in [-0.2, -0.15) is 0 Å². The standard InChI is InChI=1S/C29H27N.2C27H28O4/c1-20-9-13-22(14-10-20)30(23-15-11-21(2)12-16-23)24-17-18-26-25-7-5-6-8-27(25)29(3,4)28(26)19-24;1-17-15-22(11-13-24(17)30-6)27(4,5)23-12-14-25(18(2)16-23)31-26(29)21-9-7-20(8-10-21)19(3)28;1-17-14-22(10-12-24(17)30-6)27(4,5)23-11-13-25(18(2)15-23)31-26(29)21-9-7-8-20(16-21)19(3)28/h5-19H,1-4H3;2*7-16H,1-6H3. The first-order valence-electron chi connectivity index (χ1n) is 31.1. The fourth-order valence-corrected chi connectivity index (χ4v) is 11.9. The highest BCUT2D eigenvalue weighted by Crippen LogP contribution is 2.51. The van der Waals surface area contributed by atoms with E-state index in [1.807, 2.05) is 70.2 Å². The lowest BCUT2D eigenvalue weighted by molar-refractivity contribution is 0.0724. The average Bonchev–Trinajstić information content (AvgIpc) is 1.57. The number of aryl methyl sites for hydroxylation is 6. The van der Waals surface area contributed by atoms with Crippen molar-refractivity contribution in [1.82, 2.24) is 0 Å². The Morgan fingerprint density at radius 1 is 0.359 bits per heavy atom. The highest BCUT2D eigenvalue weighted by molar-refractivity contribution is 5.99. The summed E-state index contributed by atoms with van der Waals surface area (Å²) in [5.41, 5.74) is 21.5. The van der Waals surface area contributed by atoms with E-state index in [2.05, 4.69) is 182 Å². The van der Waals surface area contributed by atoms with Gasteiger partial charge in [0.1, 0.15) is 23.0 Å². The van der Waals surface area contributed by atoms with Crippen LogP contribution in [0.15, 0.2) is 212 Å². The van der Waals surface area contributed by atoms with E-state index in [-0.39, 0.29) is 27.8 Å². The van der Waals surface area contributed by atoms with Crippen molar-refractivity contribution in [1.29, 1.82) is 0 Å². The summed E-state index contributed by atoms with van der Waals surface area (Å²) in [7, 11) is 3.35. The Bertz CT molecular complexity index is 4330. The van der Waals surface area contributed by atoms with Crippen LogP contribution in [0, 0.1) is 41.5 Å². The highest BCUT2D eigenvalue weighted by atomic mass is 16.5. The Morgan fingerprint density at radius 3 is 1.16 bits per heavy atom. The van der Waals surface area contributed by atoms with E-state index in [4.69, 9.17) is 18.9 Å². The minimum absolute atomic E-state index is 0.00579. The number of ether oxygens (including phenoxy) is 4. The van der Waals surface area contributed by atoms with Crippen LogP contribution >= 0.6 is 0 Å². The summed E-state index contributed by atoms with van der Waals surface area (Å²) in [6.45, 7) is 28.5. The number of hydrogen-bond donors (Lipinski definition) is 0. The number of rotatable bonds is 15. The predicted molar refractivity (Wildman–Crippen MR) is 373 cm³/mol. The molecule has 0 amide bonds. The molecule has 0 N–H and O–H groups in total. The van der Waals surface area contributed by atoms with Gasteiger partial charge in [0.25, 0.3) is 0 Å². The van der Waals surface area contributed by atoms with Gasteiger partial charge in [-0.25, -0.2) is 9.59 Å². The topological polar surface area (TPSA) is 108 Å². The number of methoxy groups -OCH3 is 2. The van der Waals surface area contributed by atoms with Gasteiger partial charge in [0.05, 0.1) is 25.3 Å². The van der Waals surface area contributed by atoms with Crippen molar-refractivity contribution in [2.24, 2.45) is 0 Å². The number of esters is 2. The van der Waals surface area contributed by atoms with Gasteiger partial charge in [0.2, 0.25) is 0 Å². The molecule has 0 saturated carbocycles. The lowest BCUT2D eigenvalue weighted by Crippen LogP contribution is -2.19. The van der Waals surface area contributed by atoms with Crippen molar-refractivity contribution < 1.29 is 38.1 Å². The molecule has 468 valence electrons. The maximum atomic E-state index is 12.6. The monoisotopic (exact) mass is 1220 g/mol. The zero-order valence-corrected chi connectivity index (χ0v) is 55.9. The SMILES string of the molecule is COc1ccc(C(C)(C)c2ccc(OC(=O)c3ccc(C(C)=O)cc3)c(C)c2)cc1C.COc1ccc(C(C)(C)c2ccc(OC(=O)c3cccc(C(C)=O)c3)c(C)c2)cc1C.Cc1ccc(N(c2ccc(C)cc2)c2ccc3c(c2)C(C)(C)c2ccccc2-3)cc1. The molecule has 92 heavy (non-hydrogen) atoms. The molecular formula is C83H83NO8. The van der Waals surface area contributed by atoms with Crippen molar-refractivity contribution in [3.8, 4) is 34.1 Å². The number of anilines is 3. The van der Waals surface area contributed by atoms with Crippen LogP contribution in [-0.4, -0.2) is 37.7 Å². The molecule has 0 aliphatic heterocycles. The van der Waals surface area contributed by atoms with Crippen molar-refractivity contribution in [2.75, 3.05) is 19.1 Å². The Labute approximate surface area is 543 Å². The summed E-state index contributed by atoms with van der Waals surface area (Å²) < 4.78 is 22.0. The van der Waals surface area contributed by atoms with Gasteiger partial charge in [-0.05, 0) is 207 Å². The molecule has 0 heterocycles. The Kier molecular flexibility index (Phi) is 19.9. The fourth-order valence-electron chi connectivity index (χ4n) is 11.9. The first kappa shape index (κ1) is 66.3. The van der Waals surface area contributed by atoms with Crippen LogP contribution in [0.4, 0.5) is 17.1 Å². The molecule has 1 aliphatic rings. The predicted octanol–water partition coefficient (Wildman–Crippen LogP) is 20.2. The van der Waals surface area contributed by atoms with E-state index in [1.54, 1.807) is 62.8 Å². The summed E-state index contributed by atoms with van der Waals surface area (Å²) >= 11 is 0. The van der Waals surface area contributed by atoms with E-state index in [9.17, 15) is 19.2 Å². The number of fused-ring (bicyclic) bond motifs is 3. The maximum absolute atomic E-state index is 12.6. The third-order valence-corrected chi connectivity index (χ3v) is 17.9. The normalized spacial score (nSPS) is 12.0. The van der Waals surface area contributed by atoms with Gasteiger partial charge in [0.15, 0.2) is 11.6 Å². The Morgan fingerprint density at radius 2 is 0.739 bits per heavy atom. The molecule has 0 atom stereocenters. The second-order valence-corrected chi connectivity index (χ2v) is 25.5. The smallest absolute Gasteiger partial charge is 0.343 e. The molecule has 0 spiro atoms. The molecule has 0 radical (unpaired) electrons. The summed E-state index contributed by atoms with van der Waals surface area (Å²) in [6.07, 6.45) is 0. The van der Waals surface area contributed by atoms with Gasteiger partial charge in [0, 0.05) is 44.4 Å². The third-order valence-electron chi connectivity index (χ3n) is 17.9. The number of carbonyl (C=O) groups is 4. The van der Waals surface area contributed by atoms with Crippen LogP contribution < -0.4 is 23.8 Å². The van der Waals surface area contributed by atoms with Gasteiger partial charge in [-0.1, -0.05) is 180 Å². The summed E-state index contributed by atoms with van der Waals surface area (Å²) in [5.74, 6) is 1.70. The largest absolute Gasteiger partial charge is 0.496 e. The van der Waals surface area contributed by atoms with Crippen LogP contribution in [0.3, 0.4) is 0 Å². The minimum Gasteiger partial charge on any atom is -0.496 e. The van der Waals surface area contributed by atoms with Crippen molar-refractivity contribution in [3.05, 3.63) is 301 Å². The first-order chi connectivity index (χ1) is 43.7. The molecule has 9 heteroatoms. The van der Waals surface area contributed by atoms with Crippen molar-refractivity contribution in [3.63, 3.8) is 0 Å². The van der Waals surface area contributed by atoms with Gasteiger partial charge >= 0.3 is 11.9 Å². The van der Waals surface area contributed by atoms with Crippen LogP contribution in [-0.2, 0) is 16.2 Å². The number of carbonyl (C=O) groups excluding carboxylic acids is 4. The molecule has 0 aromatic heterocycles. The molecule has 11 rings (SSSR count). The summed E-state index contributed by atoms with van der Waals surface area (Å²) in [5, 5.41) is 0. The van der Waals surface area contributed by atoms with Crippen molar-refractivity contribution >= 4 is 40.6 Å². The van der Waals surface area contributed by atoms with E-state index >= 15 is 0 Å². The lowest BCUT2D eigenvalue weighted by Gasteiger charge is -2.28. The molecule has 0 fully saturated rings. The number of benzene rings is 10. The second-order valence-electron chi connectivity index (χ2n) is 25.5. The van der Waals surface area contributed by atoms with Crippen LogP contribution in [0.5, 0.6) is 23.0 Å². The summed E-state index contributed by atoms with van der Waals surface area (Å²) in [6, 6.07) is 70.6. The third kappa shape index (κ3) is 14.4. The van der Waals surface area contributed by atoms with E-state index < -0.39 is 11.9 Å². The molecular weight excluding hydrogens is 1140 g/mol. The number of nitrogens with zero attached hydrogens (tertiary/aromatic N) is 1. The maximum Gasteiger partial charge on any atom is 0.343 e. The molecule has 0 bridgehead atoms. The second kappa shape index (κ2) is 27.5. The number of Topliss-reactive ketones (excluding diaryl/α,β-unsaturated/α-hetero) is 2. The molecule has 10 aromatic carbocycles. The fraction of sp³-hybridized carbons (Fsp3) is 0.229. The van der Waals surface area contributed by atoms with E-state index in [0.29, 0.717) is 33.8 Å². The van der Waals surface area contributed by atoms with E-state index in [1.165, 1.54) is 75.4 Å². The zero-order valence-electron chi connectivity index (χ0n) is 55.9. The van der Waals surface area contributed by atoms with Gasteiger partial charge in [-0.15, -0.1) is 0 Å². The molecule has 10 aromatic rings.